The lowest BCUT2D eigenvalue weighted by atomic mass is 10.1. The van der Waals surface area contributed by atoms with Crippen LogP contribution in [0.3, 0.4) is 0 Å². The van der Waals surface area contributed by atoms with Crippen molar-refractivity contribution >= 4 is 23.7 Å². The van der Waals surface area contributed by atoms with Crippen LogP contribution >= 0.6 is 0 Å². The Balaban J connectivity index is 1.66. The highest BCUT2D eigenvalue weighted by Crippen LogP contribution is 2.30. The van der Waals surface area contributed by atoms with Gasteiger partial charge in [-0.25, -0.2) is 15.0 Å². The van der Waals surface area contributed by atoms with Crippen LogP contribution in [-0.4, -0.2) is 20.7 Å². The van der Waals surface area contributed by atoms with E-state index in [1.165, 1.54) is 24.5 Å². The number of hydrogen-bond acceptors (Lipinski definition) is 4. The molecule has 1 aromatic carbocycles. The summed E-state index contributed by atoms with van der Waals surface area (Å²) in [5.41, 5.74) is 0.788. The first-order valence-corrected chi connectivity index (χ1v) is 8.37. The lowest BCUT2D eigenvalue weighted by molar-refractivity contribution is -0.137. The van der Waals surface area contributed by atoms with Crippen LogP contribution in [0, 0.1) is 0 Å². The number of aliphatic imine (C=N–C) groups is 1. The van der Waals surface area contributed by atoms with Crippen LogP contribution in [0.1, 0.15) is 12.0 Å². The maximum atomic E-state index is 12.7. The molecule has 0 radical (unpaired) electrons. The van der Waals surface area contributed by atoms with Gasteiger partial charge in [-0.05, 0) is 29.5 Å². The van der Waals surface area contributed by atoms with E-state index in [-0.39, 0.29) is 5.56 Å². The van der Waals surface area contributed by atoms with E-state index in [0.29, 0.717) is 34.6 Å². The van der Waals surface area contributed by atoms with Crippen LogP contribution in [-0.2, 0) is 6.18 Å². The summed E-state index contributed by atoms with van der Waals surface area (Å²) in [6, 6.07) is 9.57. The maximum Gasteiger partial charge on any atom is 0.416 e. The summed E-state index contributed by atoms with van der Waals surface area (Å²) >= 11 is 0. The molecule has 4 rings (SSSR count). The fourth-order valence-electron chi connectivity index (χ4n) is 2.86. The molecule has 2 heterocycles. The molecule has 0 spiro atoms. The Kier molecular flexibility index (Phi) is 4.38. The Hall–Kier alpha value is -3.55. The average Bonchev–Trinajstić information content (AvgIpc) is 2.67. The van der Waals surface area contributed by atoms with E-state index < -0.39 is 11.7 Å². The fraction of sp³-hybridized carbons (Fsp3) is 0.100. The van der Waals surface area contributed by atoms with E-state index >= 15 is 0 Å². The van der Waals surface area contributed by atoms with Gasteiger partial charge in [-0.15, -0.1) is 0 Å². The first kappa shape index (κ1) is 17.8. The van der Waals surface area contributed by atoms with Gasteiger partial charge in [0, 0.05) is 35.2 Å². The number of hydrogen-bond donors (Lipinski definition) is 1. The highest BCUT2D eigenvalue weighted by atomic mass is 19.4. The minimum Gasteiger partial charge on any atom is -0.322 e. The second kappa shape index (κ2) is 6.88. The van der Waals surface area contributed by atoms with Crippen molar-refractivity contribution in [2.75, 3.05) is 0 Å². The molecule has 0 atom stereocenters. The second-order valence-corrected chi connectivity index (χ2v) is 6.18. The Bertz CT molecular complexity index is 1240. The summed E-state index contributed by atoms with van der Waals surface area (Å²) in [6.45, 7) is 0. The third-order valence-corrected chi connectivity index (χ3v) is 4.24. The molecule has 0 aliphatic heterocycles. The largest absolute Gasteiger partial charge is 0.416 e. The highest BCUT2D eigenvalue weighted by molar-refractivity contribution is 6.13. The Morgan fingerprint density at radius 2 is 1.82 bits per heavy atom. The zero-order chi connectivity index (χ0) is 19.7. The monoisotopic (exact) mass is 382 g/mol. The molecule has 0 saturated heterocycles. The predicted molar refractivity (Wildman–Crippen MR) is 99.4 cm³/mol. The van der Waals surface area contributed by atoms with Crippen LogP contribution < -0.4 is 16.1 Å². The smallest absolute Gasteiger partial charge is 0.322 e. The molecule has 28 heavy (non-hydrogen) atoms. The van der Waals surface area contributed by atoms with Crippen LogP contribution in [0.2, 0.25) is 0 Å². The number of benzene rings is 1. The standard InChI is InChI=1S/C20H13F3N4O/c21-20(22,23)14-5-1-12(2-6-14)16-10-18(25-11-24-16)26-15-7-3-13-4-8-19(28)27-17(13)9-15/h1-6,8-11H,7H2,(H,27,28). The number of nitrogens with zero attached hydrogens (tertiary/aromatic N) is 3. The van der Waals surface area contributed by atoms with Crippen molar-refractivity contribution in [3.8, 4) is 11.3 Å². The van der Waals surface area contributed by atoms with Gasteiger partial charge in [0.05, 0.1) is 11.3 Å². The fourth-order valence-corrected chi connectivity index (χ4v) is 2.86. The van der Waals surface area contributed by atoms with Gasteiger partial charge in [0.15, 0.2) is 5.82 Å². The summed E-state index contributed by atoms with van der Waals surface area (Å²) < 4.78 is 38.1. The van der Waals surface area contributed by atoms with E-state index in [1.54, 1.807) is 18.2 Å². The van der Waals surface area contributed by atoms with E-state index in [0.717, 1.165) is 17.4 Å². The molecule has 0 fully saturated rings. The number of halogens is 3. The molecule has 0 amide bonds. The van der Waals surface area contributed by atoms with Gasteiger partial charge in [-0.1, -0.05) is 18.2 Å². The van der Waals surface area contributed by atoms with Crippen LogP contribution in [0.5, 0.6) is 0 Å². The summed E-state index contributed by atoms with van der Waals surface area (Å²) in [4.78, 5) is 26.9. The minimum atomic E-state index is -4.38. The average molecular weight is 382 g/mol. The zero-order valence-electron chi connectivity index (χ0n) is 14.4. The van der Waals surface area contributed by atoms with E-state index in [9.17, 15) is 18.0 Å². The maximum absolute atomic E-state index is 12.7. The predicted octanol–water partition coefficient (Wildman–Crippen LogP) is 2.59. The van der Waals surface area contributed by atoms with E-state index in [1.807, 2.05) is 6.08 Å². The van der Waals surface area contributed by atoms with Gasteiger partial charge in [0.1, 0.15) is 6.33 Å². The van der Waals surface area contributed by atoms with Crippen molar-refractivity contribution in [3.05, 3.63) is 75.3 Å². The Morgan fingerprint density at radius 3 is 2.57 bits per heavy atom. The third-order valence-electron chi connectivity index (χ3n) is 4.24. The van der Waals surface area contributed by atoms with Gasteiger partial charge in [-0.3, -0.25) is 4.79 Å². The minimum absolute atomic E-state index is 0.198. The molecule has 5 nitrogen and oxygen atoms in total. The molecule has 1 N–H and O–H groups in total. The molecular weight excluding hydrogens is 369 g/mol. The normalized spacial score (nSPS) is 14.9. The van der Waals surface area contributed by atoms with Crippen LogP contribution in [0.25, 0.3) is 23.4 Å². The van der Waals surface area contributed by atoms with Crippen LogP contribution in [0.4, 0.5) is 19.0 Å². The SMILES string of the molecule is O=c1ccc2c([nH]1)=CC(=Nc1cc(-c3ccc(C(F)(F)F)cc3)ncn1)CC=2. The van der Waals surface area contributed by atoms with Crippen LogP contribution in [0.15, 0.2) is 58.6 Å². The molecule has 0 saturated carbocycles. The number of alkyl halides is 3. The molecule has 3 aromatic rings. The summed E-state index contributed by atoms with van der Waals surface area (Å²) in [5.74, 6) is 0.381. The van der Waals surface area contributed by atoms with Crippen molar-refractivity contribution in [1.29, 1.82) is 0 Å². The molecule has 140 valence electrons. The topological polar surface area (TPSA) is 71.0 Å². The quantitative estimate of drug-likeness (QED) is 0.741. The molecule has 2 aromatic heterocycles. The molecule has 1 aliphatic rings. The van der Waals surface area contributed by atoms with Gasteiger partial charge in [0.25, 0.3) is 0 Å². The van der Waals surface area contributed by atoms with E-state index in [2.05, 4.69) is 19.9 Å². The number of rotatable bonds is 2. The van der Waals surface area contributed by atoms with Gasteiger partial charge >= 0.3 is 6.18 Å². The highest BCUT2D eigenvalue weighted by Gasteiger charge is 2.30. The summed E-state index contributed by atoms with van der Waals surface area (Å²) in [5, 5.41) is 1.60. The Labute approximate surface area is 156 Å². The molecule has 0 bridgehead atoms. The lowest BCUT2D eigenvalue weighted by Gasteiger charge is -2.08. The second-order valence-electron chi connectivity index (χ2n) is 6.18. The Morgan fingerprint density at radius 1 is 1.04 bits per heavy atom. The number of fused-ring (bicyclic) bond motifs is 1. The van der Waals surface area contributed by atoms with Gasteiger partial charge in [0.2, 0.25) is 5.56 Å². The number of H-pyrrole nitrogens is 1. The lowest BCUT2D eigenvalue weighted by Crippen LogP contribution is -2.36. The first-order valence-electron chi connectivity index (χ1n) is 8.37. The number of pyridine rings is 1. The van der Waals surface area contributed by atoms with Gasteiger partial charge in [-0.2, -0.15) is 13.2 Å². The molecule has 8 heteroatoms. The number of aromatic nitrogens is 3. The summed E-state index contributed by atoms with van der Waals surface area (Å²) in [7, 11) is 0. The third kappa shape index (κ3) is 3.75. The molecular formula is C20H13F3N4O. The van der Waals surface area contributed by atoms with Crippen molar-refractivity contribution in [2.24, 2.45) is 4.99 Å². The summed E-state index contributed by atoms with van der Waals surface area (Å²) in [6.07, 6.45) is 1.22. The van der Waals surface area contributed by atoms with E-state index in [4.69, 9.17) is 0 Å². The van der Waals surface area contributed by atoms with Crippen molar-refractivity contribution in [1.82, 2.24) is 15.0 Å². The van der Waals surface area contributed by atoms with Crippen molar-refractivity contribution in [3.63, 3.8) is 0 Å². The van der Waals surface area contributed by atoms with Crippen molar-refractivity contribution in [2.45, 2.75) is 12.6 Å². The molecule has 1 aliphatic carbocycles. The number of aromatic amines is 1. The van der Waals surface area contributed by atoms with Crippen molar-refractivity contribution < 1.29 is 13.2 Å². The zero-order valence-corrected chi connectivity index (χ0v) is 14.4. The molecule has 0 unspecified atom stereocenters. The number of nitrogens with one attached hydrogen (secondary N) is 1. The first-order chi connectivity index (χ1) is 13.4. The van der Waals surface area contributed by atoms with Gasteiger partial charge < -0.3 is 4.98 Å².